The second kappa shape index (κ2) is 5.35. The van der Waals surface area contributed by atoms with Gasteiger partial charge in [0.1, 0.15) is 11.4 Å². The monoisotopic (exact) mass is 249 g/mol. The van der Waals surface area contributed by atoms with Crippen LogP contribution in [0.25, 0.3) is 0 Å². The lowest BCUT2D eigenvalue weighted by Gasteiger charge is -2.30. The van der Waals surface area contributed by atoms with Crippen molar-refractivity contribution < 1.29 is 9.90 Å². The first kappa shape index (κ1) is 12.8. The highest BCUT2D eigenvalue weighted by molar-refractivity contribution is 5.93. The highest BCUT2D eigenvalue weighted by atomic mass is 16.4. The zero-order valence-electron chi connectivity index (χ0n) is 10.8. The van der Waals surface area contributed by atoms with E-state index in [-0.39, 0.29) is 5.56 Å². The Morgan fingerprint density at radius 1 is 1.44 bits per heavy atom. The third-order valence-electron chi connectivity index (χ3n) is 3.32. The summed E-state index contributed by atoms with van der Waals surface area (Å²) < 4.78 is 0. The Bertz CT molecular complexity index is 440. The molecule has 1 aliphatic rings. The zero-order chi connectivity index (χ0) is 13.1. The van der Waals surface area contributed by atoms with Crippen LogP contribution in [-0.2, 0) is 0 Å². The Morgan fingerprint density at radius 3 is 2.72 bits per heavy atom. The number of likely N-dealkylation sites (tertiary alicyclic amines) is 1. The van der Waals surface area contributed by atoms with Gasteiger partial charge in [-0.05, 0) is 52.0 Å². The molecule has 0 aromatic carbocycles. The smallest absolute Gasteiger partial charge is 0.339 e. The molecular formula is C13H19N3O2. The maximum atomic E-state index is 11.1. The van der Waals surface area contributed by atoms with Gasteiger partial charge in [0, 0.05) is 11.7 Å². The van der Waals surface area contributed by atoms with Crippen LogP contribution in [0.3, 0.4) is 0 Å². The molecule has 1 saturated heterocycles. The van der Waals surface area contributed by atoms with Crippen molar-refractivity contribution in [2.45, 2.75) is 25.8 Å². The standard InChI is InChI=1S/C13H19N3O2/c1-9-3-4-11(13(17)18)12(14-9)15-10-5-7-16(2)8-6-10/h3-4,10H,5-8H2,1-2H3,(H,14,15)(H,17,18). The van der Waals surface area contributed by atoms with E-state index < -0.39 is 5.97 Å². The number of hydrogen-bond donors (Lipinski definition) is 2. The Hall–Kier alpha value is -1.62. The molecule has 0 amide bonds. The number of rotatable bonds is 3. The third kappa shape index (κ3) is 2.98. The molecular weight excluding hydrogens is 230 g/mol. The second-order valence-corrected chi connectivity index (χ2v) is 4.88. The lowest BCUT2D eigenvalue weighted by atomic mass is 10.1. The fourth-order valence-electron chi connectivity index (χ4n) is 2.19. The number of aryl methyl sites for hydroxylation is 1. The van der Waals surface area contributed by atoms with Crippen molar-refractivity contribution in [1.29, 1.82) is 0 Å². The Kier molecular flexibility index (Phi) is 3.81. The maximum absolute atomic E-state index is 11.1. The fourth-order valence-corrected chi connectivity index (χ4v) is 2.19. The van der Waals surface area contributed by atoms with Crippen molar-refractivity contribution in [2.75, 3.05) is 25.5 Å². The molecule has 0 bridgehead atoms. The number of nitrogens with zero attached hydrogens (tertiary/aromatic N) is 2. The maximum Gasteiger partial charge on any atom is 0.339 e. The van der Waals surface area contributed by atoms with Crippen LogP contribution in [0.4, 0.5) is 5.82 Å². The van der Waals surface area contributed by atoms with Gasteiger partial charge in [0.2, 0.25) is 0 Å². The molecule has 1 aliphatic heterocycles. The van der Waals surface area contributed by atoms with Crippen LogP contribution in [0.2, 0.25) is 0 Å². The van der Waals surface area contributed by atoms with Crippen molar-refractivity contribution >= 4 is 11.8 Å². The minimum absolute atomic E-state index is 0.250. The van der Waals surface area contributed by atoms with E-state index >= 15 is 0 Å². The molecule has 2 heterocycles. The van der Waals surface area contributed by atoms with Gasteiger partial charge in [-0.3, -0.25) is 0 Å². The number of anilines is 1. The Labute approximate surface area is 107 Å². The minimum Gasteiger partial charge on any atom is -0.478 e. The lowest BCUT2D eigenvalue weighted by molar-refractivity contribution is 0.0697. The molecule has 0 atom stereocenters. The third-order valence-corrected chi connectivity index (χ3v) is 3.32. The van der Waals surface area contributed by atoms with Crippen molar-refractivity contribution in [1.82, 2.24) is 9.88 Å². The second-order valence-electron chi connectivity index (χ2n) is 4.88. The van der Waals surface area contributed by atoms with Crippen LogP contribution in [0, 0.1) is 6.92 Å². The molecule has 5 heteroatoms. The summed E-state index contributed by atoms with van der Waals surface area (Å²) in [6.07, 6.45) is 2.04. The van der Waals surface area contributed by atoms with Gasteiger partial charge in [0.05, 0.1) is 0 Å². The molecule has 0 saturated carbocycles. The summed E-state index contributed by atoms with van der Waals surface area (Å²) in [6, 6.07) is 3.65. The van der Waals surface area contributed by atoms with Crippen molar-refractivity contribution in [3.63, 3.8) is 0 Å². The number of aromatic carboxylic acids is 1. The molecule has 98 valence electrons. The number of piperidine rings is 1. The minimum atomic E-state index is -0.932. The van der Waals surface area contributed by atoms with Gasteiger partial charge in [0.15, 0.2) is 0 Å². The largest absolute Gasteiger partial charge is 0.478 e. The molecule has 0 radical (unpaired) electrons. The molecule has 18 heavy (non-hydrogen) atoms. The van der Waals surface area contributed by atoms with Gasteiger partial charge in [-0.15, -0.1) is 0 Å². The van der Waals surface area contributed by atoms with E-state index in [4.69, 9.17) is 5.11 Å². The van der Waals surface area contributed by atoms with E-state index in [2.05, 4.69) is 22.2 Å². The molecule has 2 rings (SSSR count). The predicted octanol–water partition coefficient (Wildman–Crippen LogP) is 1.59. The van der Waals surface area contributed by atoms with Gasteiger partial charge in [-0.25, -0.2) is 9.78 Å². The first-order valence-electron chi connectivity index (χ1n) is 6.22. The van der Waals surface area contributed by atoms with E-state index in [1.54, 1.807) is 12.1 Å². The number of nitrogens with one attached hydrogen (secondary N) is 1. The van der Waals surface area contributed by atoms with Gasteiger partial charge in [0.25, 0.3) is 0 Å². The first-order chi connectivity index (χ1) is 8.56. The number of carbonyl (C=O) groups is 1. The molecule has 0 spiro atoms. The molecule has 1 aromatic rings. The normalized spacial score (nSPS) is 17.7. The van der Waals surface area contributed by atoms with Crippen LogP contribution in [-0.4, -0.2) is 47.1 Å². The molecule has 0 aliphatic carbocycles. The van der Waals surface area contributed by atoms with Gasteiger partial charge in [-0.1, -0.05) is 0 Å². The quantitative estimate of drug-likeness (QED) is 0.851. The van der Waals surface area contributed by atoms with E-state index in [0.717, 1.165) is 31.6 Å². The molecule has 2 N–H and O–H groups in total. The van der Waals surface area contributed by atoms with Gasteiger partial charge < -0.3 is 15.3 Å². The van der Waals surface area contributed by atoms with Crippen molar-refractivity contribution in [3.8, 4) is 0 Å². The fraction of sp³-hybridized carbons (Fsp3) is 0.538. The summed E-state index contributed by atoms with van der Waals surface area (Å²) in [4.78, 5) is 17.7. The van der Waals surface area contributed by atoms with Crippen LogP contribution < -0.4 is 5.32 Å². The van der Waals surface area contributed by atoms with Crippen molar-refractivity contribution in [2.24, 2.45) is 0 Å². The molecule has 5 nitrogen and oxygen atoms in total. The topological polar surface area (TPSA) is 65.5 Å². The molecule has 0 unspecified atom stereocenters. The number of carboxylic acid groups (broad SMARTS) is 1. The molecule has 1 aromatic heterocycles. The summed E-state index contributed by atoms with van der Waals surface area (Å²) >= 11 is 0. The lowest BCUT2D eigenvalue weighted by Crippen LogP contribution is -2.37. The van der Waals surface area contributed by atoms with E-state index in [1.807, 2.05) is 6.92 Å². The number of hydrogen-bond acceptors (Lipinski definition) is 4. The van der Waals surface area contributed by atoms with E-state index in [0.29, 0.717) is 11.9 Å². The SMILES string of the molecule is Cc1ccc(C(=O)O)c(NC2CCN(C)CC2)n1. The number of pyridine rings is 1. The van der Waals surface area contributed by atoms with Crippen LogP contribution in [0.15, 0.2) is 12.1 Å². The van der Waals surface area contributed by atoms with Gasteiger partial charge >= 0.3 is 5.97 Å². The van der Waals surface area contributed by atoms with Crippen LogP contribution in [0.1, 0.15) is 28.9 Å². The summed E-state index contributed by atoms with van der Waals surface area (Å²) in [5, 5.41) is 12.4. The Morgan fingerprint density at radius 2 is 2.11 bits per heavy atom. The van der Waals surface area contributed by atoms with E-state index in [1.165, 1.54) is 0 Å². The Balaban J connectivity index is 2.12. The predicted molar refractivity (Wildman–Crippen MR) is 70.1 cm³/mol. The van der Waals surface area contributed by atoms with Crippen LogP contribution >= 0.6 is 0 Å². The average molecular weight is 249 g/mol. The van der Waals surface area contributed by atoms with Gasteiger partial charge in [-0.2, -0.15) is 0 Å². The summed E-state index contributed by atoms with van der Waals surface area (Å²) in [5.41, 5.74) is 1.08. The van der Waals surface area contributed by atoms with Crippen molar-refractivity contribution in [3.05, 3.63) is 23.4 Å². The average Bonchev–Trinajstić information content (AvgIpc) is 2.32. The highest BCUT2D eigenvalue weighted by Crippen LogP contribution is 2.18. The van der Waals surface area contributed by atoms with Crippen LogP contribution in [0.5, 0.6) is 0 Å². The summed E-state index contributed by atoms with van der Waals surface area (Å²) in [7, 11) is 2.10. The van der Waals surface area contributed by atoms with E-state index in [9.17, 15) is 4.79 Å². The molecule has 1 fully saturated rings. The number of aromatic nitrogens is 1. The summed E-state index contributed by atoms with van der Waals surface area (Å²) in [6.45, 7) is 3.93. The summed E-state index contributed by atoms with van der Waals surface area (Å²) in [5.74, 6) is -0.435. The highest BCUT2D eigenvalue weighted by Gasteiger charge is 2.19. The zero-order valence-corrected chi connectivity index (χ0v) is 10.8. The number of carboxylic acids is 1. The first-order valence-corrected chi connectivity index (χ1v) is 6.22.